The zero-order valence-electron chi connectivity index (χ0n) is 17.0. The molecule has 6 nitrogen and oxygen atoms in total. The van der Waals surface area contributed by atoms with Crippen LogP contribution in [0.3, 0.4) is 0 Å². The highest BCUT2D eigenvalue weighted by Gasteiger charge is 2.23. The van der Waals surface area contributed by atoms with Gasteiger partial charge in [-0.1, -0.05) is 31.5 Å². The Labute approximate surface area is 167 Å². The van der Waals surface area contributed by atoms with Crippen LogP contribution in [0.1, 0.15) is 45.1 Å². The molecule has 1 aromatic carbocycles. The van der Waals surface area contributed by atoms with Crippen LogP contribution in [0.2, 0.25) is 0 Å². The van der Waals surface area contributed by atoms with Gasteiger partial charge in [0.2, 0.25) is 11.8 Å². The summed E-state index contributed by atoms with van der Waals surface area (Å²) in [5, 5.41) is 6.94. The van der Waals surface area contributed by atoms with Crippen molar-refractivity contribution in [3.05, 3.63) is 36.0 Å². The number of aromatic nitrogens is 1. The van der Waals surface area contributed by atoms with Crippen molar-refractivity contribution in [2.45, 2.75) is 58.0 Å². The zero-order valence-corrected chi connectivity index (χ0v) is 17.0. The number of likely N-dealkylation sites (tertiary alicyclic amines) is 1. The molecule has 3 N–H and O–H groups in total. The smallest absolute Gasteiger partial charge is 0.242 e. The summed E-state index contributed by atoms with van der Waals surface area (Å²) in [5.41, 5.74) is 2.07. The number of piperidine rings is 1. The van der Waals surface area contributed by atoms with Gasteiger partial charge >= 0.3 is 0 Å². The molecule has 1 aromatic heterocycles. The molecule has 0 saturated carbocycles. The lowest BCUT2D eigenvalue weighted by Gasteiger charge is -2.35. The molecule has 2 aromatic rings. The number of nitrogens with one attached hydrogen (secondary N) is 3. The molecule has 2 amide bonds. The number of nitrogens with zero attached hydrogens (tertiary/aromatic N) is 1. The molecule has 0 bridgehead atoms. The van der Waals surface area contributed by atoms with Crippen LogP contribution in [0.5, 0.6) is 0 Å². The third-order valence-electron chi connectivity index (χ3n) is 5.71. The number of benzene rings is 1. The summed E-state index contributed by atoms with van der Waals surface area (Å²) in [6, 6.07) is 8.06. The Morgan fingerprint density at radius 2 is 2.11 bits per heavy atom. The first kappa shape index (κ1) is 20.4. The maximum atomic E-state index is 12.8. The highest BCUT2D eigenvalue weighted by molar-refractivity contribution is 5.89. The van der Waals surface area contributed by atoms with Crippen molar-refractivity contribution in [1.29, 1.82) is 0 Å². The number of carbonyl (C=O) groups is 2. The van der Waals surface area contributed by atoms with Gasteiger partial charge in [-0.25, -0.2) is 0 Å². The first-order chi connectivity index (χ1) is 13.6. The van der Waals surface area contributed by atoms with E-state index in [1.807, 2.05) is 30.5 Å². The van der Waals surface area contributed by atoms with Crippen LogP contribution in [0.15, 0.2) is 30.5 Å². The van der Waals surface area contributed by atoms with E-state index >= 15 is 0 Å². The van der Waals surface area contributed by atoms with Crippen molar-refractivity contribution in [1.82, 2.24) is 20.5 Å². The highest BCUT2D eigenvalue weighted by Crippen LogP contribution is 2.20. The van der Waals surface area contributed by atoms with E-state index in [9.17, 15) is 9.59 Å². The van der Waals surface area contributed by atoms with Crippen LogP contribution in [0.4, 0.5) is 0 Å². The molecule has 2 atom stereocenters. The summed E-state index contributed by atoms with van der Waals surface area (Å²) in [4.78, 5) is 30.1. The number of fused-ring (bicyclic) bond motifs is 1. The fraction of sp³-hybridized carbons (Fsp3) is 0.545. The predicted molar refractivity (Wildman–Crippen MR) is 112 cm³/mol. The van der Waals surface area contributed by atoms with Crippen LogP contribution < -0.4 is 10.6 Å². The monoisotopic (exact) mass is 384 g/mol. The second kappa shape index (κ2) is 9.73. The molecular weight excluding hydrogens is 352 g/mol. The number of carbonyl (C=O) groups excluding carboxylic acids is 2. The van der Waals surface area contributed by atoms with E-state index in [0.29, 0.717) is 19.0 Å². The van der Waals surface area contributed by atoms with Crippen LogP contribution in [-0.2, 0) is 16.0 Å². The van der Waals surface area contributed by atoms with Gasteiger partial charge in [0.25, 0.3) is 0 Å². The summed E-state index contributed by atoms with van der Waals surface area (Å²) in [6.45, 7) is 6.27. The standard InChI is InChI=1S/C22H32N4O2/c1-3-18-8-6-7-12-26(18)13-11-23-22(28)21(25-16(2)27)14-17-15-24-20-10-5-4-9-19(17)20/h4-5,9-10,15,18,21,24H,3,6-8,11-14H2,1-2H3,(H,23,28)(H,25,27). The summed E-state index contributed by atoms with van der Waals surface area (Å²) >= 11 is 0. The molecule has 28 heavy (non-hydrogen) atoms. The number of para-hydroxylation sites is 1. The van der Waals surface area contributed by atoms with Crippen LogP contribution in [0, 0.1) is 0 Å². The number of rotatable bonds is 8. The van der Waals surface area contributed by atoms with Gasteiger partial charge in [-0.2, -0.15) is 0 Å². The van der Waals surface area contributed by atoms with E-state index in [0.717, 1.165) is 36.0 Å². The van der Waals surface area contributed by atoms with Gasteiger partial charge in [0, 0.05) is 49.6 Å². The topological polar surface area (TPSA) is 77.2 Å². The summed E-state index contributed by atoms with van der Waals surface area (Å²) in [6.07, 6.45) is 7.34. The quantitative estimate of drug-likeness (QED) is 0.655. The van der Waals surface area contributed by atoms with Crippen LogP contribution in [0.25, 0.3) is 10.9 Å². The Morgan fingerprint density at radius 3 is 2.89 bits per heavy atom. The number of amides is 2. The molecule has 2 unspecified atom stereocenters. The van der Waals surface area contributed by atoms with E-state index in [1.165, 1.54) is 26.2 Å². The number of aromatic amines is 1. The van der Waals surface area contributed by atoms with E-state index in [-0.39, 0.29) is 11.8 Å². The average Bonchev–Trinajstić information content (AvgIpc) is 3.10. The molecular formula is C22H32N4O2. The molecule has 0 aliphatic carbocycles. The first-order valence-corrected chi connectivity index (χ1v) is 10.4. The molecule has 3 rings (SSSR count). The van der Waals surface area contributed by atoms with Gasteiger partial charge in [0.15, 0.2) is 0 Å². The third kappa shape index (κ3) is 5.13. The average molecular weight is 385 g/mol. The summed E-state index contributed by atoms with van der Waals surface area (Å²) < 4.78 is 0. The number of hydrogen-bond acceptors (Lipinski definition) is 3. The van der Waals surface area contributed by atoms with Crippen LogP contribution in [-0.4, -0.2) is 53.4 Å². The zero-order chi connectivity index (χ0) is 19.9. The Morgan fingerprint density at radius 1 is 1.29 bits per heavy atom. The molecule has 6 heteroatoms. The Bertz CT molecular complexity index is 801. The minimum absolute atomic E-state index is 0.120. The van der Waals surface area contributed by atoms with Gasteiger partial charge in [-0.3, -0.25) is 14.5 Å². The SMILES string of the molecule is CCC1CCCCN1CCNC(=O)C(Cc1c[nH]c2ccccc12)NC(C)=O. The summed E-state index contributed by atoms with van der Waals surface area (Å²) in [5.74, 6) is -0.312. The van der Waals surface area contributed by atoms with Crippen molar-refractivity contribution < 1.29 is 9.59 Å². The van der Waals surface area contributed by atoms with Gasteiger partial charge in [0.1, 0.15) is 6.04 Å². The fourth-order valence-corrected chi connectivity index (χ4v) is 4.24. The van der Waals surface area contributed by atoms with Crippen LogP contribution >= 0.6 is 0 Å². The number of hydrogen-bond donors (Lipinski definition) is 3. The van der Waals surface area contributed by atoms with Crippen molar-refractivity contribution in [2.75, 3.05) is 19.6 Å². The minimum atomic E-state index is -0.569. The van der Waals surface area contributed by atoms with Crippen molar-refractivity contribution in [2.24, 2.45) is 0 Å². The van der Waals surface area contributed by atoms with Gasteiger partial charge in [0.05, 0.1) is 0 Å². The fourth-order valence-electron chi connectivity index (χ4n) is 4.24. The van der Waals surface area contributed by atoms with Gasteiger partial charge in [-0.05, 0) is 37.4 Å². The molecule has 152 valence electrons. The lowest BCUT2D eigenvalue weighted by Crippen LogP contribution is -2.50. The lowest BCUT2D eigenvalue weighted by molar-refractivity contribution is -0.128. The van der Waals surface area contributed by atoms with E-state index in [2.05, 4.69) is 27.4 Å². The second-order valence-corrected chi connectivity index (χ2v) is 7.70. The Balaban J connectivity index is 1.59. The normalized spacial score (nSPS) is 18.7. The maximum absolute atomic E-state index is 12.8. The Hall–Kier alpha value is -2.34. The van der Waals surface area contributed by atoms with Gasteiger partial charge in [-0.15, -0.1) is 0 Å². The third-order valence-corrected chi connectivity index (χ3v) is 5.71. The van der Waals surface area contributed by atoms with E-state index in [4.69, 9.17) is 0 Å². The molecule has 0 radical (unpaired) electrons. The van der Waals surface area contributed by atoms with E-state index < -0.39 is 6.04 Å². The van der Waals surface area contributed by atoms with E-state index in [1.54, 1.807) is 0 Å². The number of H-pyrrole nitrogens is 1. The highest BCUT2D eigenvalue weighted by atomic mass is 16.2. The molecule has 1 aliphatic rings. The molecule has 0 spiro atoms. The molecule has 1 aliphatic heterocycles. The molecule has 1 fully saturated rings. The van der Waals surface area contributed by atoms with Crippen molar-refractivity contribution >= 4 is 22.7 Å². The molecule has 1 saturated heterocycles. The largest absolute Gasteiger partial charge is 0.361 e. The second-order valence-electron chi connectivity index (χ2n) is 7.70. The predicted octanol–water partition coefficient (Wildman–Crippen LogP) is 2.60. The lowest BCUT2D eigenvalue weighted by atomic mass is 10.0. The maximum Gasteiger partial charge on any atom is 0.242 e. The van der Waals surface area contributed by atoms with Crippen molar-refractivity contribution in [3.63, 3.8) is 0 Å². The molecule has 2 heterocycles. The summed E-state index contributed by atoms with van der Waals surface area (Å²) in [7, 11) is 0. The minimum Gasteiger partial charge on any atom is -0.361 e. The first-order valence-electron chi connectivity index (χ1n) is 10.4. The Kier molecular flexibility index (Phi) is 7.09. The van der Waals surface area contributed by atoms with Gasteiger partial charge < -0.3 is 15.6 Å². The van der Waals surface area contributed by atoms with Crippen molar-refractivity contribution in [3.8, 4) is 0 Å².